The molecule has 108 valence electrons. The summed E-state index contributed by atoms with van der Waals surface area (Å²) in [4.78, 5) is -0.0972. The van der Waals surface area contributed by atoms with Gasteiger partial charge in [-0.25, -0.2) is 22.3 Å². The zero-order valence-electron chi connectivity index (χ0n) is 10.7. The maximum absolute atomic E-state index is 13.4. The van der Waals surface area contributed by atoms with Crippen LogP contribution in [0.1, 0.15) is 6.92 Å². The van der Waals surface area contributed by atoms with Gasteiger partial charge in [0.15, 0.2) is 0 Å². The van der Waals surface area contributed by atoms with E-state index in [1.807, 2.05) is 0 Å². The quantitative estimate of drug-likeness (QED) is 0.821. The standard InChI is InChI=1S/C13H14F2N2O2S/c1-3-11(20(16,18)19)6-4-9(2)17-13-7-5-10(14)8-12(13)15/h3-8,17H,2H2,1H3,(H2,16,18,19)/b6-4-,11-3+. The smallest absolute Gasteiger partial charge is 0.237 e. The normalized spacial score (nSPS) is 12.7. The Labute approximate surface area is 116 Å². The zero-order valence-corrected chi connectivity index (χ0v) is 11.5. The maximum atomic E-state index is 13.4. The molecule has 1 rings (SSSR count). The highest BCUT2D eigenvalue weighted by atomic mass is 32.2. The lowest BCUT2D eigenvalue weighted by atomic mass is 10.2. The Balaban J connectivity index is 2.83. The fraction of sp³-hybridized carbons (Fsp3) is 0.0769. The SMILES string of the molecule is C=C(/C=C\C(=C/C)S(N)(=O)=O)Nc1ccc(F)cc1F. The van der Waals surface area contributed by atoms with Gasteiger partial charge in [0, 0.05) is 11.8 Å². The number of rotatable bonds is 5. The van der Waals surface area contributed by atoms with Crippen LogP contribution in [0.2, 0.25) is 0 Å². The highest BCUT2D eigenvalue weighted by Gasteiger charge is 2.07. The first-order chi connectivity index (χ1) is 9.24. The molecule has 0 saturated heterocycles. The van der Waals surface area contributed by atoms with Crippen LogP contribution in [-0.2, 0) is 10.0 Å². The van der Waals surface area contributed by atoms with Crippen LogP contribution in [0.25, 0.3) is 0 Å². The van der Waals surface area contributed by atoms with Crippen molar-refractivity contribution in [3.05, 3.63) is 65.2 Å². The van der Waals surface area contributed by atoms with Crippen LogP contribution < -0.4 is 10.5 Å². The molecule has 0 fully saturated rings. The van der Waals surface area contributed by atoms with Crippen LogP contribution in [-0.4, -0.2) is 8.42 Å². The lowest BCUT2D eigenvalue weighted by Gasteiger charge is -2.07. The van der Waals surface area contributed by atoms with E-state index >= 15 is 0 Å². The zero-order chi connectivity index (χ0) is 15.3. The summed E-state index contributed by atoms with van der Waals surface area (Å²) in [6.07, 6.45) is 3.87. The summed E-state index contributed by atoms with van der Waals surface area (Å²) < 4.78 is 48.4. The number of halogens is 2. The summed E-state index contributed by atoms with van der Waals surface area (Å²) in [5, 5.41) is 7.55. The molecule has 0 aromatic heterocycles. The third-order valence-electron chi connectivity index (χ3n) is 2.29. The molecule has 0 amide bonds. The number of hydrogen-bond acceptors (Lipinski definition) is 3. The third kappa shape index (κ3) is 4.60. The molecule has 1 aromatic rings. The van der Waals surface area contributed by atoms with Gasteiger partial charge in [0.25, 0.3) is 0 Å². The van der Waals surface area contributed by atoms with Gasteiger partial charge in [-0.1, -0.05) is 12.7 Å². The van der Waals surface area contributed by atoms with E-state index < -0.39 is 21.7 Å². The van der Waals surface area contributed by atoms with E-state index in [1.165, 1.54) is 31.2 Å². The molecule has 0 aliphatic rings. The molecule has 0 bridgehead atoms. The van der Waals surface area contributed by atoms with E-state index in [1.54, 1.807) is 0 Å². The lowest BCUT2D eigenvalue weighted by molar-refractivity contribution is 0.585. The Kier molecular flexibility index (Phi) is 5.18. The molecule has 1 aromatic carbocycles. The number of allylic oxidation sites excluding steroid dienone is 3. The molecule has 7 heteroatoms. The van der Waals surface area contributed by atoms with Gasteiger partial charge in [0.05, 0.1) is 10.6 Å². The molecule has 0 atom stereocenters. The average molecular weight is 300 g/mol. The average Bonchev–Trinajstić information content (AvgIpc) is 2.32. The fourth-order valence-electron chi connectivity index (χ4n) is 1.34. The van der Waals surface area contributed by atoms with E-state index in [4.69, 9.17) is 5.14 Å². The van der Waals surface area contributed by atoms with Crippen molar-refractivity contribution in [3.8, 4) is 0 Å². The van der Waals surface area contributed by atoms with Crippen molar-refractivity contribution in [2.24, 2.45) is 5.14 Å². The van der Waals surface area contributed by atoms with Crippen molar-refractivity contribution in [3.63, 3.8) is 0 Å². The van der Waals surface area contributed by atoms with Crippen molar-refractivity contribution in [1.29, 1.82) is 0 Å². The summed E-state index contributed by atoms with van der Waals surface area (Å²) in [5.41, 5.74) is 0.247. The van der Waals surface area contributed by atoms with E-state index in [0.717, 1.165) is 12.1 Å². The van der Waals surface area contributed by atoms with Crippen molar-refractivity contribution >= 4 is 15.7 Å². The molecule has 20 heavy (non-hydrogen) atoms. The molecular weight excluding hydrogens is 286 g/mol. The first-order valence-corrected chi connectivity index (χ1v) is 7.07. The van der Waals surface area contributed by atoms with Gasteiger partial charge in [-0.2, -0.15) is 0 Å². The van der Waals surface area contributed by atoms with Crippen LogP contribution in [0.3, 0.4) is 0 Å². The summed E-state index contributed by atoms with van der Waals surface area (Å²) in [6.45, 7) is 5.09. The lowest BCUT2D eigenvalue weighted by Crippen LogP contribution is -2.13. The van der Waals surface area contributed by atoms with E-state index in [2.05, 4.69) is 11.9 Å². The number of primary sulfonamides is 1. The van der Waals surface area contributed by atoms with Crippen LogP contribution in [0.15, 0.2) is 53.6 Å². The summed E-state index contributed by atoms with van der Waals surface area (Å²) in [7, 11) is -3.82. The van der Waals surface area contributed by atoms with Crippen LogP contribution in [0.5, 0.6) is 0 Å². The Morgan fingerprint density at radius 3 is 2.50 bits per heavy atom. The molecule has 0 heterocycles. The van der Waals surface area contributed by atoms with Gasteiger partial charge in [-0.3, -0.25) is 0 Å². The summed E-state index contributed by atoms with van der Waals surface area (Å²) >= 11 is 0. The monoisotopic (exact) mass is 300 g/mol. The summed E-state index contributed by atoms with van der Waals surface area (Å²) in [6, 6.07) is 3.02. The van der Waals surface area contributed by atoms with Crippen molar-refractivity contribution in [2.45, 2.75) is 6.92 Å². The van der Waals surface area contributed by atoms with Crippen LogP contribution in [0, 0.1) is 11.6 Å². The predicted molar refractivity (Wildman–Crippen MR) is 75.1 cm³/mol. The first-order valence-electron chi connectivity index (χ1n) is 5.52. The molecule has 0 radical (unpaired) electrons. The second kappa shape index (κ2) is 6.44. The van der Waals surface area contributed by atoms with E-state index in [9.17, 15) is 17.2 Å². The Morgan fingerprint density at radius 2 is 2.00 bits per heavy atom. The van der Waals surface area contributed by atoms with Gasteiger partial charge >= 0.3 is 0 Å². The van der Waals surface area contributed by atoms with Gasteiger partial charge in [0.1, 0.15) is 11.6 Å². The second-order valence-corrected chi connectivity index (χ2v) is 5.41. The molecule has 0 unspecified atom stereocenters. The number of benzene rings is 1. The maximum Gasteiger partial charge on any atom is 0.237 e. The number of hydrogen-bond donors (Lipinski definition) is 2. The van der Waals surface area contributed by atoms with E-state index in [0.29, 0.717) is 0 Å². The first kappa shape index (κ1) is 16.1. The fourth-order valence-corrected chi connectivity index (χ4v) is 1.93. The number of anilines is 1. The molecule has 3 N–H and O–H groups in total. The van der Waals surface area contributed by atoms with Crippen LogP contribution in [0.4, 0.5) is 14.5 Å². The minimum atomic E-state index is -3.82. The van der Waals surface area contributed by atoms with Crippen molar-refractivity contribution < 1.29 is 17.2 Å². The number of nitrogens with one attached hydrogen (secondary N) is 1. The van der Waals surface area contributed by atoms with Crippen LogP contribution >= 0.6 is 0 Å². The Morgan fingerprint density at radius 1 is 1.35 bits per heavy atom. The van der Waals surface area contributed by atoms with Crippen molar-refractivity contribution in [2.75, 3.05) is 5.32 Å². The van der Waals surface area contributed by atoms with Gasteiger partial charge < -0.3 is 5.32 Å². The highest BCUT2D eigenvalue weighted by Crippen LogP contribution is 2.17. The minimum Gasteiger partial charge on any atom is -0.354 e. The Bertz CT molecular complexity index is 680. The van der Waals surface area contributed by atoms with Gasteiger partial charge in [0.2, 0.25) is 10.0 Å². The van der Waals surface area contributed by atoms with Crippen molar-refractivity contribution in [1.82, 2.24) is 0 Å². The summed E-state index contributed by atoms with van der Waals surface area (Å²) in [5.74, 6) is -1.48. The third-order valence-corrected chi connectivity index (χ3v) is 3.32. The molecule has 0 aliphatic carbocycles. The molecule has 0 aliphatic heterocycles. The predicted octanol–water partition coefficient (Wildman–Crippen LogP) is 2.64. The molecule has 0 saturated carbocycles. The molecule has 4 nitrogen and oxygen atoms in total. The Hall–Kier alpha value is -1.99. The van der Waals surface area contributed by atoms with Gasteiger partial charge in [-0.15, -0.1) is 0 Å². The van der Waals surface area contributed by atoms with E-state index in [-0.39, 0.29) is 16.3 Å². The topological polar surface area (TPSA) is 72.2 Å². The largest absolute Gasteiger partial charge is 0.354 e. The molecule has 0 spiro atoms. The minimum absolute atomic E-state index is 0.0266. The number of sulfonamides is 1. The second-order valence-electron chi connectivity index (χ2n) is 3.84. The number of nitrogens with two attached hydrogens (primary N) is 1. The highest BCUT2D eigenvalue weighted by molar-refractivity contribution is 7.93. The molecular formula is C13H14F2N2O2S. The van der Waals surface area contributed by atoms with Gasteiger partial charge in [-0.05, 0) is 31.2 Å².